The molecule has 1 aliphatic heterocycles. The highest BCUT2D eigenvalue weighted by Crippen LogP contribution is 2.31. The Morgan fingerprint density at radius 3 is 2.50 bits per heavy atom. The van der Waals surface area contributed by atoms with Crippen LogP contribution in [-0.4, -0.2) is 42.8 Å². The SMILES string of the molecule is CCCCC1CC(NCC(F)(F)F)CN(C2CCC2)C1. The minimum atomic E-state index is -4.10. The number of unbranched alkanes of at least 4 members (excludes halogenated alkanes) is 1. The van der Waals surface area contributed by atoms with Crippen molar-refractivity contribution >= 4 is 0 Å². The van der Waals surface area contributed by atoms with Gasteiger partial charge in [-0.25, -0.2) is 0 Å². The van der Waals surface area contributed by atoms with Crippen molar-refractivity contribution in [3.05, 3.63) is 0 Å². The van der Waals surface area contributed by atoms with Crippen LogP contribution in [0.5, 0.6) is 0 Å². The summed E-state index contributed by atoms with van der Waals surface area (Å²) >= 11 is 0. The summed E-state index contributed by atoms with van der Waals surface area (Å²) in [6.45, 7) is 3.21. The highest BCUT2D eigenvalue weighted by molar-refractivity contribution is 4.90. The quantitative estimate of drug-likeness (QED) is 0.805. The van der Waals surface area contributed by atoms with E-state index in [1.807, 2.05) is 0 Å². The molecule has 1 saturated carbocycles. The second-order valence-electron chi connectivity index (χ2n) is 6.48. The van der Waals surface area contributed by atoms with Gasteiger partial charge in [-0.15, -0.1) is 0 Å². The maximum Gasteiger partial charge on any atom is 0.401 e. The standard InChI is InChI=1S/C15H27F3N2/c1-2-3-5-12-8-13(19-11-15(16,17)18)10-20(9-12)14-6-4-7-14/h12-14,19H,2-11H2,1H3. The number of hydrogen-bond donors (Lipinski definition) is 1. The molecule has 118 valence electrons. The van der Waals surface area contributed by atoms with Crippen LogP contribution in [0.25, 0.3) is 0 Å². The van der Waals surface area contributed by atoms with E-state index in [-0.39, 0.29) is 6.04 Å². The monoisotopic (exact) mass is 292 g/mol. The number of halogens is 3. The summed E-state index contributed by atoms with van der Waals surface area (Å²) < 4.78 is 37.1. The number of nitrogens with one attached hydrogen (secondary N) is 1. The zero-order valence-corrected chi connectivity index (χ0v) is 12.4. The van der Waals surface area contributed by atoms with Gasteiger partial charge >= 0.3 is 6.18 Å². The molecule has 0 spiro atoms. The topological polar surface area (TPSA) is 15.3 Å². The van der Waals surface area contributed by atoms with Crippen molar-refractivity contribution in [1.29, 1.82) is 0 Å². The molecule has 2 nitrogen and oxygen atoms in total. The van der Waals surface area contributed by atoms with E-state index in [4.69, 9.17) is 0 Å². The molecule has 2 atom stereocenters. The predicted molar refractivity (Wildman–Crippen MR) is 74.7 cm³/mol. The molecule has 2 aliphatic rings. The molecule has 1 heterocycles. The van der Waals surface area contributed by atoms with Crippen molar-refractivity contribution in [2.75, 3.05) is 19.6 Å². The molecule has 1 aliphatic carbocycles. The molecule has 0 amide bonds. The highest BCUT2D eigenvalue weighted by atomic mass is 19.4. The van der Waals surface area contributed by atoms with Crippen LogP contribution in [0.2, 0.25) is 0 Å². The van der Waals surface area contributed by atoms with Crippen molar-refractivity contribution in [3.8, 4) is 0 Å². The van der Waals surface area contributed by atoms with E-state index in [0.29, 0.717) is 12.0 Å². The van der Waals surface area contributed by atoms with Crippen LogP contribution < -0.4 is 5.32 Å². The third-order valence-corrected chi connectivity index (χ3v) is 4.71. The lowest BCUT2D eigenvalue weighted by Gasteiger charge is -2.45. The summed E-state index contributed by atoms with van der Waals surface area (Å²) in [5.41, 5.74) is 0. The fourth-order valence-electron chi connectivity index (χ4n) is 3.40. The summed E-state index contributed by atoms with van der Waals surface area (Å²) in [5.74, 6) is 0.565. The van der Waals surface area contributed by atoms with Gasteiger partial charge in [-0.05, 0) is 31.6 Å². The predicted octanol–water partition coefficient (Wildman–Crippen LogP) is 3.57. The molecule has 0 bridgehead atoms. The highest BCUT2D eigenvalue weighted by Gasteiger charge is 2.35. The van der Waals surface area contributed by atoms with Crippen LogP contribution in [0.1, 0.15) is 51.9 Å². The van der Waals surface area contributed by atoms with Gasteiger partial charge in [0.05, 0.1) is 6.54 Å². The van der Waals surface area contributed by atoms with Gasteiger partial charge in [0.25, 0.3) is 0 Å². The van der Waals surface area contributed by atoms with Crippen LogP contribution in [-0.2, 0) is 0 Å². The van der Waals surface area contributed by atoms with E-state index in [0.717, 1.165) is 25.9 Å². The maximum atomic E-state index is 12.4. The summed E-state index contributed by atoms with van der Waals surface area (Å²) in [6.07, 6.45) is 4.05. The van der Waals surface area contributed by atoms with E-state index in [9.17, 15) is 13.2 Å². The van der Waals surface area contributed by atoms with Crippen LogP contribution in [0.4, 0.5) is 13.2 Å². The zero-order valence-electron chi connectivity index (χ0n) is 12.4. The molecule has 2 rings (SSSR count). The molecule has 20 heavy (non-hydrogen) atoms. The Hall–Kier alpha value is -0.290. The maximum absolute atomic E-state index is 12.4. The lowest BCUT2D eigenvalue weighted by molar-refractivity contribution is -0.127. The van der Waals surface area contributed by atoms with Crippen molar-refractivity contribution in [2.45, 2.75) is 70.1 Å². The van der Waals surface area contributed by atoms with E-state index in [1.165, 1.54) is 32.1 Å². The van der Waals surface area contributed by atoms with Gasteiger partial charge in [-0.2, -0.15) is 13.2 Å². The first kappa shape index (κ1) is 16.1. The number of hydrogen-bond acceptors (Lipinski definition) is 2. The van der Waals surface area contributed by atoms with Crippen LogP contribution in [0.15, 0.2) is 0 Å². The van der Waals surface area contributed by atoms with Crippen LogP contribution >= 0.6 is 0 Å². The van der Waals surface area contributed by atoms with E-state index in [1.54, 1.807) is 0 Å². The van der Waals surface area contributed by atoms with Crippen molar-refractivity contribution in [2.24, 2.45) is 5.92 Å². The lowest BCUT2D eigenvalue weighted by atomic mass is 9.84. The van der Waals surface area contributed by atoms with E-state index >= 15 is 0 Å². The van der Waals surface area contributed by atoms with Gasteiger partial charge < -0.3 is 5.32 Å². The Morgan fingerprint density at radius 1 is 1.20 bits per heavy atom. The largest absolute Gasteiger partial charge is 0.401 e. The molecule has 0 aromatic carbocycles. The van der Waals surface area contributed by atoms with Gasteiger partial charge in [-0.3, -0.25) is 4.90 Å². The first-order valence-corrected chi connectivity index (χ1v) is 8.02. The smallest absolute Gasteiger partial charge is 0.305 e. The first-order chi connectivity index (χ1) is 9.48. The average Bonchev–Trinajstić information content (AvgIpc) is 2.31. The molecule has 2 fully saturated rings. The fraction of sp³-hybridized carbons (Fsp3) is 1.00. The van der Waals surface area contributed by atoms with Gasteiger partial charge in [0.1, 0.15) is 0 Å². The Kier molecular flexibility index (Phi) is 5.73. The molecular weight excluding hydrogens is 265 g/mol. The Labute approximate surface area is 120 Å². The average molecular weight is 292 g/mol. The number of piperidine rings is 1. The van der Waals surface area contributed by atoms with Gasteiger partial charge in [-0.1, -0.05) is 26.2 Å². The van der Waals surface area contributed by atoms with Crippen molar-refractivity contribution < 1.29 is 13.2 Å². The minimum Gasteiger partial charge on any atom is -0.305 e. The van der Waals surface area contributed by atoms with E-state index < -0.39 is 12.7 Å². The van der Waals surface area contributed by atoms with Gasteiger partial charge in [0, 0.05) is 25.2 Å². The first-order valence-electron chi connectivity index (χ1n) is 8.02. The summed E-state index contributed by atoms with van der Waals surface area (Å²) in [5, 5.41) is 2.73. The van der Waals surface area contributed by atoms with Gasteiger partial charge in [0.2, 0.25) is 0 Å². The second-order valence-corrected chi connectivity index (χ2v) is 6.48. The summed E-state index contributed by atoms with van der Waals surface area (Å²) in [7, 11) is 0. The molecule has 0 radical (unpaired) electrons. The van der Waals surface area contributed by atoms with Crippen LogP contribution in [0.3, 0.4) is 0 Å². The Morgan fingerprint density at radius 2 is 1.95 bits per heavy atom. The van der Waals surface area contributed by atoms with Crippen molar-refractivity contribution in [1.82, 2.24) is 10.2 Å². The molecule has 5 heteroatoms. The Bertz CT molecular complexity index is 289. The number of rotatable bonds is 6. The van der Waals surface area contributed by atoms with E-state index in [2.05, 4.69) is 17.1 Å². The molecular formula is C15H27F3N2. The minimum absolute atomic E-state index is 0.00725. The van der Waals surface area contributed by atoms with Crippen LogP contribution in [0, 0.1) is 5.92 Å². The molecule has 0 aromatic rings. The van der Waals surface area contributed by atoms with Crippen molar-refractivity contribution in [3.63, 3.8) is 0 Å². The number of likely N-dealkylation sites (tertiary alicyclic amines) is 1. The molecule has 0 aromatic heterocycles. The Balaban J connectivity index is 1.85. The van der Waals surface area contributed by atoms with Gasteiger partial charge in [0.15, 0.2) is 0 Å². The molecule has 1 N–H and O–H groups in total. The third-order valence-electron chi connectivity index (χ3n) is 4.71. The lowest BCUT2D eigenvalue weighted by Crippen LogP contribution is -2.55. The summed E-state index contributed by atoms with van der Waals surface area (Å²) in [4.78, 5) is 2.45. The normalized spacial score (nSPS) is 29.4. The molecule has 1 saturated heterocycles. The second kappa shape index (κ2) is 7.12. The number of alkyl halides is 3. The molecule has 2 unspecified atom stereocenters. The number of nitrogens with zero attached hydrogens (tertiary/aromatic N) is 1. The fourth-order valence-corrected chi connectivity index (χ4v) is 3.40. The zero-order chi connectivity index (χ0) is 14.6. The summed E-state index contributed by atoms with van der Waals surface area (Å²) in [6, 6.07) is 0.641. The third kappa shape index (κ3) is 4.92.